The Kier molecular flexibility index (Phi) is 5.68. The van der Waals surface area contributed by atoms with Crippen molar-refractivity contribution in [2.24, 2.45) is 0 Å². The average Bonchev–Trinajstić information content (AvgIpc) is 3.56. The predicted octanol–water partition coefficient (Wildman–Crippen LogP) is 8.43. The molecule has 0 nitrogen and oxygen atoms in total. The van der Waals surface area contributed by atoms with Crippen LogP contribution in [0, 0.1) is 0 Å². The molecule has 35 heavy (non-hydrogen) atoms. The van der Waals surface area contributed by atoms with E-state index in [1.54, 1.807) is 0 Å². The van der Waals surface area contributed by atoms with E-state index in [-0.39, 0.29) is 0 Å². The van der Waals surface area contributed by atoms with E-state index in [9.17, 15) is 0 Å². The van der Waals surface area contributed by atoms with Crippen molar-refractivity contribution in [3.63, 3.8) is 0 Å². The zero-order valence-corrected chi connectivity index (χ0v) is 21.9. The van der Waals surface area contributed by atoms with E-state index < -0.39 is 14.8 Å². The molecule has 6 rings (SSSR count). The van der Waals surface area contributed by atoms with E-state index in [2.05, 4.69) is 145 Å². The first-order chi connectivity index (χ1) is 17.2. The van der Waals surface area contributed by atoms with Gasteiger partial charge < -0.3 is 0 Å². The number of hydrogen-bond donors (Lipinski definition) is 0. The normalized spacial score (nSPS) is 18.3. The Bertz CT molecular complexity index is 1380. The van der Waals surface area contributed by atoms with Crippen LogP contribution in [-0.4, -0.2) is 4.31 Å². The molecule has 2 aliphatic rings. The molecule has 4 aromatic rings. The van der Waals surface area contributed by atoms with Crippen LogP contribution in [0.1, 0.15) is 48.7 Å². The minimum atomic E-state index is -3.76. The van der Waals surface area contributed by atoms with Crippen molar-refractivity contribution in [2.75, 3.05) is 0 Å². The van der Waals surface area contributed by atoms with Gasteiger partial charge in [0.25, 0.3) is 0 Å². The Labute approximate surface area is 210 Å². The summed E-state index contributed by atoms with van der Waals surface area (Å²) in [6, 6.07) is 40.8. The van der Waals surface area contributed by atoms with Gasteiger partial charge in [-0.25, -0.2) is 0 Å². The molecule has 0 amide bonds. The second-order valence-corrected chi connectivity index (χ2v) is 20.6. The summed E-state index contributed by atoms with van der Waals surface area (Å²) in [7, 11) is 0. The third kappa shape index (κ3) is 3.59. The first-order valence-electron chi connectivity index (χ1n) is 12.8. The summed E-state index contributed by atoms with van der Waals surface area (Å²) in [6.45, 7) is 2.40. The van der Waals surface area contributed by atoms with Gasteiger partial charge in [0.1, 0.15) is 0 Å². The quantitative estimate of drug-likeness (QED) is 0.239. The van der Waals surface area contributed by atoms with Gasteiger partial charge in [0.05, 0.1) is 0 Å². The van der Waals surface area contributed by atoms with Crippen molar-refractivity contribution in [1.82, 2.24) is 0 Å². The van der Waals surface area contributed by atoms with Crippen LogP contribution in [0.5, 0.6) is 0 Å². The summed E-state index contributed by atoms with van der Waals surface area (Å²) in [4.78, 5) is 0. The molecular formula is C34H32Ti. The van der Waals surface area contributed by atoms with Crippen LogP contribution in [0.3, 0.4) is 0 Å². The van der Waals surface area contributed by atoms with Crippen LogP contribution in [0.15, 0.2) is 121 Å². The first kappa shape index (κ1) is 22.4. The van der Waals surface area contributed by atoms with Crippen molar-refractivity contribution >= 4 is 16.5 Å². The number of hydrogen-bond acceptors (Lipinski definition) is 0. The van der Waals surface area contributed by atoms with Crippen LogP contribution < -0.4 is 0 Å². The molecule has 0 aliphatic heterocycles. The van der Waals surface area contributed by atoms with E-state index in [0.717, 1.165) is 9.45 Å². The van der Waals surface area contributed by atoms with E-state index in [1.165, 1.54) is 33.4 Å². The summed E-state index contributed by atoms with van der Waals surface area (Å²) in [5.41, 5.74) is 8.76. The molecule has 0 saturated carbocycles. The number of benzene rings is 4. The molecule has 0 spiro atoms. The Balaban J connectivity index is 1.69. The van der Waals surface area contributed by atoms with Gasteiger partial charge in [-0.3, -0.25) is 0 Å². The fourth-order valence-corrected chi connectivity index (χ4v) is 20.2. The Morgan fingerprint density at radius 1 is 0.543 bits per heavy atom. The van der Waals surface area contributed by atoms with Gasteiger partial charge in [-0.2, -0.15) is 0 Å². The van der Waals surface area contributed by atoms with Gasteiger partial charge in [-0.15, -0.1) is 0 Å². The van der Waals surface area contributed by atoms with Crippen LogP contribution in [0.4, 0.5) is 0 Å². The van der Waals surface area contributed by atoms with E-state index >= 15 is 0 Å². The summed E-state index contributed by atoms with van der Waals surface area (Å²) < 4.78 is 5.95. The van der Waals surface area contributed by atoms with Gasteiger partial charge in [-0.1, -0.05) is 0 Å². The maximum absolute atomic E-state index is 3.76. The Hall–Kier alpha value is -3.06. The molecule has 2 aliphatic carbocycles. The molecule has 0 fully saturated rings. The minimum absolute atomic E-state index is 0.439. The molecule has 0 radical (unpaired) electrons. The Morgan fingerprint density at radius 3 is 1.37 bits per heavy atom. The molecule has 2 unspecified atom stereocenters. The second-order valence-electron chi connectivity index (χ2n) is 10.5. The van der Waals surface area contributed by atoms with Crippen molar-refractivity contribution in [1.29, 1.82) is 0 Å². The molecule has 0 N–H and O–H groups in total. The first-order valence-corrected chi connectivity index (χ1v) is 17.7. The second kappa shape index (κ2) is 8.87. The summed E-state index contributed by atoms with van der Waals surface area (Å²) in [6.07, 6.45) is 9.94. The molecular weight excluding hydrogens is 456 g/mol. The third-order valence-electron chi connectivity index (χ3n) is 8.89. The molecule has 172 valence electrons. The standard InChI is InChI=1S/2C9H7.2C7H7.C2H4.Ti/c2*1-2-5-9-7-3-6-8(9)4-1;2*1-7-5-3-2-4-6-7;1-2;/h2*1-7H;2*2-6H,1H2;1H,2H3;. The predicted molar refractivity (Wildman–Crippen MR) is 148 cm³/mol. The molecule has 4 aromatic carbocycles. The van der Waals surface area contributed by atoms with E-state index in [0.29, 0.717) is 8.45 Å². The SMILES string of the molecule is C[CH]=[Ti]([CH2]c1ccccc1)([CH2]c1ccccc1)([CH]1C=Cc2ccccc21)[CH]1C=Cc2ccccc21. The van der Waals surface area contributed by atoms with Crippen LogP contribution >= 0.6 is 0 Å². The van der Waals surface area contributed by atoms with Crippen molar-refractivity contribution in [3.05, 3.63) is 155 Å². The number of allylic oxidation sites excluding steroid dienone is 2. The number of rotatable bonds is 6. The average molecular weight is 488 g/mol. The maximum atomic E-state index is 2.77. The zero-order chi connectivity index (χ0) is 23.7. The molecule has 0 bridgehead atoms. The van der Waals surface area contributed by atoms with E-state index in [1.807, 2.05) is 0 Å². The molecule has 2 atom stereocenters. The van der Waals surface area contributed by atoms with E-state index in [4.69, 9.17) is 0 Å². The fraction of sp³-hybridized carbons (Fsp3) is 0.147. The topological polar surface area (TPSA) is 0 Å². The Morgan fingerprint density at radius 2 is 0.943 bits per heavy atom. The third-order valence-corrected chi connectivity index (χ3v) is 21.7. The summed E-state index contributed by atoms with van der Waals surface area (Å²) in [5, 5.41) is 0. The summed E-state index contributed by atoms with van der Waals surface area (Å²) >= 11 is -3.76. The molecule has 0 aromatic heterocycles. The van der Waals surface area contributed by atoms with Gasteiger partial charge in [0, 0.05) is 0 Å². The molecule has 1 heteroatoms. The van der Waals surface area contributed by atoms with Crippen molar-refractivity contribution < 1.29 is 14.8 Å². The number of fused-ring (bicyclic) bond motifs is 2. The molecule has 0 saturated heterocycles. The monoisotopic (exact) mass is 488 g/mol. The van der Waals surface area contributed by atoms with Crippen molar-refractivity contribution in [2.45, 2.75) is 24.8 Å². The van der Waals surface area contributed by atoms with Crippen LogP contribution in [0.25, 0.3) is 12.2 Å². The summed E-state index contributed by atoms with van der Waals surface area (Å²) in [5.74, 6) is 0. The zero-order valence-electron chi connectivity index (χ0n) is 20.3. The fourth-order valence-electron chi connectivity index (χ4n) is 7.24. The van der Waals surface area contributed by atoms with Gasteiger partial charge >= 0.3 is 211 Å². The van der Waals surface area contributed by atoms with Gasteiger partial charge in [0.2, 0.25) is 0 Å². The van der Waals surface area contributed by atoms with Gasteiger partial charge in [-0.05, 0) is 0 Å². The van der Waals surface area contributed by atoms with Crippen LogP contribution in [-0.2, 0) is 24.3 Å². The van der Waals surface area contributed by atoms with Crippen LogP contribution in [0.2, 0.25) is 0 Å². The van der Waals surface area contributed by atoms with Gasteiger partial charge in [0.15, 0.2) is 0 Å². The van der Waals surface area contributed by atoms with Crippen molar-refractivity contribution in [3.8, 4) is 0 Å². The molecule has 0 heterocycles.